The molecular formula is C7H6O3S. The summed E-state index contributed by atoms with van der Waals surface area (Å²) in [5.74, 6) is 0. The van der Waals surface area contributed by atoms with E-state index in [4.69, 9.17) is 4.55 Å². The Hall–Kier alpha value is -1.00. The van der Waals surface area contributed by atoms with Crippen LogP contribution in [0.5, 0.6) is 0 Å². The predicted molar refractivity (Wildman–Crippen MR) is 40.9 cm³/mol. The van der Waals surface area contributed by atoms with Crippen molar-refractivity contribution in [3.8, 4) is 0 Å². The molecule has 0 bridgehead atoms. The molecule has 1 unspecified atom stereocenters. The Morgan fingerprint density at radius 1 is 1.27 bits per heavy atom. The van der Waals surface area contributed by atoms with Crippen molar-refractivity contribution in [3.05, 3.63) is 29.8 Å². The van der Waals surface area contributed by atoms with Crippen molar-refractivity contribution < 1.29 is 13.6 Å². The highest BCUT2D eigenvalue weighted by molar-refractivity contribution is 7.79. The molecule has 0 saturated carbocycles. The zero-order chi connectivity index (χ0) is 8.27. The lowest BCUT2D eigenvalue weighted by atomic mass is 10.2. The highest BCUT2D eigenvalue weighted by atomic mass is 32.2. The van der Waals surface area contributed by atoms with E-state index in [9.17, 15) is 9.00 Å². The highest BCUT2D eigenvalue weighted by Gasteiger charge is 1.97. The van der Waals surface area contributed by atoms with Crippen molar-refractivity contribution in [3.63, 3.8) is 0 Å². The molecule has 1 aromatic carbocycles. The number of rotatable bonds is 2. The zero-order valence-electron chi connectivity index (χ0n) is 5.56. The van der Waals surface area contributed by atoms with Crippen molar-refractivity contribution in [1.29, 1.82) is 0 Å². The maximum absolute atomic E-state index is 10.4. The smallest absolute Gasteiger partial charge is 0.186 e. The van der Waals surface area contributed by atoms with Gasteiger partial charge in [0.05, 0.1) is 4.90 Å². The molecule has 0 aliphatic carbocycles. The van der Waals surface area contributed by atoms with Crippen LogP contribution in [-0.2, 0) is 11.1 Å². The van der Waals surface area contributed by atoms with Crippen molar-refractivity contribution in [2.75, 3.05) is 0 Å². The molecule has 0 aliphatic rings. The van der Waals surface area contributed by atoms with E-state index in [2.05, 4.69) is 0 Å². The van der Waals surface area contributed by atoms with Gasteiger partial charge in [0.25, 0.3) is 0 Å². The maximum atomic E-state index is 10.4. The SMILES string of the molecule is O=Cc1ccc(S(=O)O)cc1. The van der Waals surface area contributed by atoms with Crippen LogP contribution in [0.1, 0.15) is 10.4 Å². The minimum absolute atomic E-state index is 0.301. The van der Waals surface area contributed by atoms with Gasteiger partial charge in [-0.3, -0.25) is 4.79 Å². The summed E-state index contributed by atoms with van der Waals surface area (Å²) in [5.41, 5.74) is 0.499. The summed E-state index contributed by atoms with van der Waals surface area (Å²) in [7, 11) is 0. The summed E-state index contributed by atoms with van der Waals surface area (Å²) >= 11 is -1.96. The quantitative estimate of drug-likeness (QED) is 0.533. The fourth-order valence-electron chi connectivity index (χ4n) is 0.663. The Labute approximate surface area is 66.3 Å². The van der Waals surface area contributed by atoms with Crippen LogP contribution in [0.2, 0.25) is 0 Å². The van der Waals surface area contributed by atoms with Crippen molar-refractivity contribution in [2.45, 2.75) is 4.90 Å². The largest absolute Gasteiger partial charge is 0.302 e. The van der Waals surface area contributed by atoms with Gasteiger partial charge in [-0.2, -0.15) is 0 Å². The highest BCUT2D eigenvalue weighted by Crippen LogP contribution is 2.05. The molecule has 0 fully saturated rings. The molecule has 1 aromatic rings. The Bertz CT molecular complexity index is 278. The van der Waals surface area contributed by atoms with Crippen molar-refractivity contribution in [1.82, 2.24) is 0 Å². The summed E-state index contributed by atoms with van der Waals surface area (Å²) in [5, 5.41) is 0. The molecule has 1 rings (SSSR count). The summed E-state index contributed by atoms with van der Waals surface area (Å²) in [6.07, 6.45) is 0.685. The molecule has 0 radical (unpaired) electrons. The minimum Gasteiger partial charge on any atom is -0.302 e. The first kappa shape index (κ1) is 8.10. The lowest BCUT2D eigenvalue weighted by molar-refractivity contribution is 0.112. The van der Waals surface area contributed by atoms with E-state index in [0.717, 1.165) is 0 Å². The number of carbonyl (C=O) groups is 1. The average molecular weight is 170 g/mol. The summed E-state index contributed by atoms with van der Waals surface area (Å²) < 4.78 is 19.0. The lowest BCUT2D eigenvalue weighted by Gasteiger charge is -1.93. The maximum Gasteiger partial charge on any atom is 0.186 e. The first-order valence-electron chi connectivity index (χ1n) is 2.90. The van der Waals surface area contributed by atoms with Crippen LogP contribution in [0, 0.1) is 0 Å². The van der Waals surface area contributed by atoms with E-state index in [1.807, 2.05) is 0 Å². The van der Waals surface area contributed by atoms with Crippen LogP contribution >= 0.6 is 0 Å². The third kappa shape index (κ3) is 1.96. The first-order valence-corrected chi connectivity index (χ1v) is 4.01. The molecule has 58 valence electrons. The normalized spacial score (nSPS) is 12.5. The van der Waals surface area contributed by atoms with Gasteiger partial charge in [-0.15, -0.1) is 0 Å². The van der Waals surface area contributed by atoms with Crippen molar-refractivity contribution >= 4 is 17.4 Å². The average Bonchev–Trinajstić information content (AvgIpc) is 2.05. The number of carbonyl (C=O) groups excluding carboxylic acids is 1. The summed E-state index contributed by atoms with van der Waals surface area (Å²) in [4.78, 5) is 10.5. The first-order chi connectivity index (χ1) is 5.24. The van der Waals surface area contributed by atoms with E-state index in [1.54, 1.807) is 0 Å². The van der Waals surface area contributed by atoms with Crippen LogP contribution in [0.3, 0.4) is 0 Å². The van der Waals surface area contributed by atoms with Gasteiger partial charge in [0.2, 0.25) is 0 Å². The standard InChI is InChI=1S/C7H6O3S/c8-5-6-1-3-7(4-2-6)11(9)10/h1-5H,(H,9,10). The molecule has 0 heterocycles. The van der Waals surface area contributed by atoms with E-state index < -0.39 is 11.1 Å². The second kappa shape index (κ2) is 3.41. The summed E-state index contributed by atoms with van der Waals surface area (Å²) in [6, 6.07) is 5.88. The molecule has 0 spiro atoms. The molecular weight excluding hydrogens is 164 g/mol. The van der Waals surface area contributed by atoms with E-state index >= 15 is 0 Å². The molecule has 0 amide bonds. The van der Waals surface area contributed by atoms with Crippen LogP contribution in [0.15, 0.2) is 29.2 Å². The Morgan fingerprint density at radius 2 is 1.82 bits per heavy atom. The number of aldehydes is 1. The second-order valence-electron chi connectivity index (χ2n) is 1.94. The molecule has 0 saturated heterocycles. The molecule has 3 nitrogen and oxygen atoms in total. The van der Waals surface area contributed by atoms with Gasteiger partial charge < -0.3 is 4.55 Å². The van der Waals surface area contributed by atoms with Crippen LogP contribution < -0.4 is 0 Å². The molecule has 0 aliphatic heterocycles. The number of hydrogen-bond acceptors (Lipinski definition) is 2. The zero-order valence-corrected chi connectivity index (χ0v) is 6.38. The predicted octanol–water partition coefficient (Wildman–Crippen LogP) is 1.08. The van der Waals surface area contributed by atoms with E-state index in [-0.39, 0.29) is 0 Å². The molecule has 11 heavy (non-hydrogen) atoms. The van der Waals surface area contributed by atoms with Crippen LogP contribution in [-0.4, -0.2) is 15.0 Å². The summed E-state index contributed by atoms with van der Waals surface area (Å²) in [6.45, 7) is 0. The fraction of sp³-hybridized carbons (Fsp3) is 0. The molecule has 1 atom stereocenters. The Kier molecular flexibility index (Phi) is 2.51. The number of hydrogen-bond donors (Lipinski definition) is 1. The number of benzene rings is 1. The monoisotopic (exact) mass is 170 g/mol. The minimum atomic E-state index is -1.96. The van der Waals surface area contributed by atoms with Crippen LogP contribution in [0.4, 0.5) is 0 Å². The second-order valence-corrected chi connectivity index (χ2v) is 2.91. The molecule has 1 N–H and O–H groups in total. The molecule has 0 aromatic heterocycles. The van der Waals surface area contributed by atoms with Gasteiger partial charge in [-0.1, -0.05) is 12.1 Å². The lowest BCUT2D eigenvalue weighted by Crippen LogP contribution is -1.88. The van der Waals surface area contributed by atoms with E-state index in [1.165, 1.54) is 24.3 Å². The van der Waals surface area contributed by atoms with Gasteiger partial charge in [0, 0.05) is 5.56 Å². The van der Waals surface area contributed by atoms with Crippen molar-refractivity contribution in [2.24, 2.45) is 0 Å². The van der Waals surface area contributed by atoms with E-state index in [0.29, 0.717) is 16.7 Å². The van der Waals surface area contributed by atoms with Gasteiger partial charge >= 0.3 is 0 Å². The van der Waals surface area contributed by atoms with Gasteiger partial charge in [0.1, 0.15) is 6.29 Å². The Balaban J connectivity index is 3.00. The van der Waals surface area contributed by atoms with Gasteiger partial charge in [-0.25, -0.2) is 4.21 Å². The van der Waals surface area contributed by atoms with Gasteiger partial charge in [-0.05, 0) is 12.1 Å². The van der Waals surface area contributed by atoms with Gasteiger partial charge in [0.15, 0.2) is 11.1 Å². The molecule has 4 heteroatoms. The Morgan fingerprint density at radius 3 is 2.18 bits per heavy atom. The fourth-order valence-corrected chi connectivity index (χ4v) is 1.03. The third-order valence-corrected chi connectivity index (χ3v) is 1.89. The third-order valence-electron chi connectivity index (χ3n) is 1.22. The topological polar surface area (TPSA) is 54.4 Å². The van der Waals surface area contributed by atoms with Crippen LogP contribution in [0.25, 0.3) is 0 Å².